The van der Waals surface area contributed by atoms with Crippen molar-refractivity contribution >= 4 is 6.03 Å². The number of hydrogen-bond acceptors (Lipinski definition) is 4. The van der Waals surface area contributed by atoms with Crippen molar-refractivity contribution in [3.63, 3.8) is 0 Å². The molecule has 6 heteroatoms. The van der Waals surface area contributed by atoms with Crippen molar-refractivity contribution in [2.75, 3.05) is 26.2 Å². The first-order chi connectivity index (χ1) is 11.3. The van der Waals surface area contributed by atoms with Crippen LogP contribution in [0.1, 0.15) is 11.3 Å². The monoisotopic (exact) mass is 311 g/mol. The van der Waals surface area contributed by atoms with E-state index in [2.05, 4.69) is 20.2 Å². The van der Waals surface area contributed by atoms with Crippen LogP contribution in [0.25, 0.3) is 0 Å². The highest BCUT2D eigenvalue weighted by molar-refractivity contribution is 5.74. The molecule has 0 spiro atoms. The van der Waals surface area contributed by atoms with Crippen LogP contribution in [0.5, 0.6) is 0 Å². The van der Waals surface area contributed by atoms with Gasteiger partial charge in [-0.05, 0) is 29.8 Å². The number of hydrogen-bond donors (Lipinski definition) is 1. The molecule has 0 radical (unpaired) electrons. The molecule has 0 unspecified atom stereocenters. The van der Waals surface area contributed by atoms with Crippen molar-refractivity contribution in [3.8, 4) is 0 Å². The van der Waals surface area contributed by atoms with E-state index in [-0.39, 0.29) is 6.03 Å². The Morgan fingerprint density at radius 2 is 1.83 bits per heavy atom. The van der Waals surface area contributed by atoms with Crippen molar-refractivity contribution in [3.05, 3.63) is 60.2 Å². The average Bonchev–Trinajstić information content (AvgIpc) is 2.62. The fourth-order valence-corrected chi connectivity index (χ4v) is 2.64. The SMILES string of the molecule is O=C(NCc1ccccn1)N1CCN(Cc2ccncc2)CC1. The van der Waals surface area contributed by atoms with Crippen LogP contribution in [-0.4, -0.2) is 52.0 Å². The third-order valence-electron chi connectivity index (χ3n) is 3.96. The molecule has 0 aliphatic carbocycles. The van der Waals surface area contributed by atoms with Gasteiger partial charge in [0.2, 0.25) is 0 Å². The maximum Gasteiger partial charge on any atom is 0.317 e. The Bertz CT molecular complexity index is 611. The number of amides is 2. The molecule has 6 nitrogen and oxygen atoms in total. The third-order valence-corrected chi connectivity index (χ3v) is 3.96. The van der Waals surface area contributed by atoms with Gasteiger partial charge in [-0.3, -0.25) is 14.9 Å². The summed E-state index contributed by atoms with van der Waals surface area (Å²) in [5, 5.41) is 2.93. The normalized spacial score (nSPS) is 15.4. The molecule has 1 aliphatic rings. The van der Waals surface area contributed by atoms with E-state index in [1.807, 2.05) is 47.6 Å². The second kappa shape index (κ2) is 7.69. The molecule has 0 aromatic carbocycles. The van der Waals surface area contributed by atoms with Gasteiger partial charge in [-0.2, -0.15) is 0 Å². The van der Waals surface area contributed by atoms with Crippen LogP contribution in [0.15, 0.2) is 48.9 Å². The van der Waals surface area contributed by atoms with Crippen molar-refractivity contribution in [1.82, 2.24) is 25.1 Å². The Balaban J connectivity index is 1.42. The summed E-state index contributed by atoms with van der Waals surface area (Å²) >= 11 is 0. The van der Waals surface area contributed by atoms with Crippen molar-refractivity contribution < 1.29 is 4.79 Å². The van der Waals surface area contributed by atoms with Crippen LogP contribution >= 0.6 is 0 Å². The summed E-state index contributed by atoms with van der Waals surface area (Å²) in [6.45, 7) is 4.65. The molecule has 0 saturated carbocycles. The summed E-state index contributed by atoms with van der Waals surface area (Å²) in [5.41, 5.74) is 2.13. The number of carbonyl (C=O) groups is 1. The summed E-state index contributed by atoms with van der Waals surface area (Å²) in [4.78, 5) is 24.7. The molecule has 1 saturated heterocycles. The van der Waals surface area contributed by atoms with Crippen LogP contribution in [0.2, 0.25) is 0 Å². The molecule has 1 fully saturated rings. The van der Waals surface area contributed by atoms with Gasteiger partial charge in [0, 0.05) is 51.3 Å². The molecule has 0 bridgehead atoms. The van der Waals surface area contributed by atoms with Crippen molar-refractivity contribution in [2.45, 2.75) is 13.1 Å². The third kappa shape index (κ3) is 4.50. The number of pyridine rings is 2. The van der Waals surface area contributed by atoms with E-state index < -0.39 is 0 Å². The quantitative estimate of drug-likeness (QED) is 0.929. The zero-order valence-electron chi connectivity index (χ0n) is 13.1. The maximum atomic E-state index is 12.2. The van der Waals surface area contributed by atoms with Gasteiger partial charge in [0.05, 0.1) is 12.2 Å². The molecule has 1 aliphatic heterocycles. The fraction of sp³-hybridized carbons (Fsp3) is 0.353. The number of carbonyl (C=O) groups excluding carboxylic acids is 1. The van der Waals surface area contributed by atoms with Crippen LogP contribution in [0, 0.1) is 0 Å². The highest BCUT2D eigenvalue weighted by Gasteiger charge is 2.20. The lowest BCUT2D eigenvalue weighted by Crippen LogP contribution is -2.51. The van der Waals surface area contributed by atoms with Crippen LogP contribution in [-0.2, 0) is 13.1 Å². The van der Waals surface area contributed by atoms with Gasteiger partial charge in [0.25, 0.3) is 0 Å². The number of aromatic nitrogens is 2. The first-order valence-electron chi connectivity index (χ1n) is 7.85. The van der Waals surface area contributed by atoms with E-state index in [0.29, 0.717) is 6.54 Å². The minimum absolute atomic E-state index is 0.0146. The first-order valence-corrected chi connectivity index (χ1v) is 7.85. The standard InChI is InChI=1S/C17H21N5O/c23-17(20-13-16-3-1-2-6-19-16)22-11-9-21(10-12-22)14-15-4-7-18-8-5-15/h1-8H,9-14H2,(H,20,23). The van der Waals surface area contributed by atoms with E-state index >= 15 is 0 Å². The minimum atomic E-state index is -0.0146. The summed E-state index contributed by atoms with van der Waals surface area (Å²) in [5.74, 6) is 0. The fourth-order valence-electron chi connectivity index (χ4n) is 2.64. The van der Waals surface area contributed by atoms with E-state index in [9.17, 15) is 4.79 Å². The number of urea groups is 1. The Kier molecular flexibility index (Phi) is 5.16. The van der Waals surface area contributed by atoms with Crippen LogP contribution < -0.4 is 5.32 Å². The lowest BCUT2D eigenvalue weighted by molar-refractivity contribution is 0.135. The molecule has 2 aromatic rings. The van der Waals surface area contributed by atoms with E-state index in [1.54, 1.807) is 6.20 Å². The Morgan fingerprint density at radius 1 is 1.04 bits per heavy atom. The molecule has 0 atom stereocenters. The molecule has 3 heterocycles. The maximum absolute atomic E-state index is 12.2. The number of piperazine rings is 1. The molecule has 1 N–H and O–H groups in total. The molecule has 2 aromatic heterocycles. The van der Waals surface area contributed by atoms with Gasteiger partial charge in [-0.25, -0.2) is 4.79 Å². The molecule has 3 rings (SSSR count). The predicted molar refractivity (Wildman–Crippen MR) is 87.6 cm³/mol. The van der Waals surface area contributed by atoms with Gasteiger partial charge >= 0.3 is 6.03 Å². The van der Waals surface area contributed by atoms with Crippen LogP contribution in [0.3, 0.4) is 0 Å². The van der Waals surface area contributed by atoms with Gasteiger partial charge in [-0.15, -0.1) is 0 Å². The molecule has 120 valence electrons. The first kappa shape index (κ1) is 15.4. The zero-order valence-corrected chi connectivity index (χ0v) is 13.1. The zero-order chi connectivity index (χ0) is 15.9. The van der Waals surface area contributed by atoms with Gasteiger partial charge in [-0.1, -0.05) is 6.07 Å². The predicted octanol–water partition coefficient (Wildman–Crippen LogP) is 1.50. The van der Waals surface area contributed by atoms with Gasteiger partial charge in [0.1, 0.15) is 0 Å². The lowest BCUT2D eigenvalue weighted by atomic mass is 10.2. The van der Waals surface area contributed by atoms with Gasteiger partial charge in [0.15, 0.2) is 0 Å². The molecular weight excluding hydrogens is 290 g/mol. The largest absolute Gasteiger partial charge is 0.332 e. The summed E-state index contributed by atoms with van der Waals surface area (Å²) in [6, 6.07) is 9.75. The lowest BCUT2D eigenvalue weighted by Gasteiger charge is -2.34. The average molecular weight is 311 g/mol. The molecule has 23 heavy (non-hydrogen) atoms. The van der Waals surface area contributed by atoms with E-state index in [0.717, 1.165) is 38.4 Å². The number of nitrogens with zero attached hydrogens (tertiary/aromatic N) is 4. The highest BCUT2D eigenvalue weighted by Crippen LogP contribution is 2.08. The van der Waals surface area contributed by atoms with Gasteiger partial charge < -0.3 is 10.2 Å². The number of nitrogens with one attached hydrogen (secondary N) is 1. The summed E-state index contributed by atoms with van der Waals surface area (Å²) in [7, 11) is 0. The topological polar surface area (TPSA) is 61.4 Å². The summed E-state index contributed by atoms with van der Waals surface area (Å²) < 4.78 is 0. The van der Waals surface area contributed by atoms with E-state index in [1.165, 1.54) is 5.56 Å². The van der Waals surface area contributed by atoms with Crippen molar-refractivity contribution in [1.29, 1.82) is 0 Å². The Morgan fingerprint density at radius 3 is 2.52 bits per heavy atom. The minimum Gasteiger partial charge on any atom is -0.332 e. The molecular formula is C17H21N5O. The van der Waals surface area contributed by atoms with Crippen LogP contribution in [0.4, 0.5) is 4.79 Å². The Hall–Kier alpha value is -2.47. The number of rotatable bonds is 4. The second-order valence-electron chi connectivity index (χ2n) is 5.60. The van der Waals surface area contributed by atoms with Crippen molar-refractivity contribution in [2.24, 2.45) is 0 Å². The van der Waals surface area contributed by atoms with E-state index in [4.69, 9.17) is 0 Å². The summed E-state index contributed by atoms with van der Waals surface area (Å²) in [6.07, 6.45) is 5.37. The molecule has 2 amide bonds. The highest BCUT2D eigenvalue weighted by atomic mass is 16.2. The second-order valence-corrected chi connectivity index (χ2v) is 5.60. The smallest absolute Gasteiger partial charge is 0.317 e. The Labute approximate surface area is 136 Å².